The van der Waals surface area contributed by atoms with E-state index in [-0.39, 0.29) is 0 Å². The van der Waals surface area contributed by atoms with Gasteiger partial charge in [-0.1, -0.05) is 86.0 Å². The molecular weight excluding hydrogens is 664 g/mol. The lowest BCUT2D eigenvalue weighted by molar-refractivity contribution is -0.326. The topological polar surface area (TPSA) is 108 Å². The zero-order valence-electron chi connectivity index (χ0n) is 29.1. The van der Waals surface area contributed by atoms with E-state index in [1.54, 1.807) is 0 Å². The maximum Gasteiger partial charge on any atom is 0.330 e. The number of esters is 2. The standard InChI is InChI=1S/C42H44O10/c1-3-39(43)47-25-5-23-45-37-19-15-35(16-20-37)33-11-7-31(8-12-33)29-51-41-42(50-28-27-49-41)52-30-32-9-13-34(14-10-32)36-17-21-38(22-18-36)46-24-6-26-48-40(44)4-2/h3-4,7-22,41-42H,1-2,5-6,23-30H2. The summed E-state index contributed by atoms with van der Waals surface area (Å²) in [6.45, 7) is 9.76. The molecule has 0 saturated carbocycles. The number of hydrogen-bond donors (Lipinski definition) is 0. The van der Waals surface area contributed by atoms with Gasteiger partial charge in [-0.15, -0.1) is 0 Å². The highest BCUT2D eigenvalue weighted by Gasteiger charge is 2.28. The highest BCUT2D eigenvalue weighted by molar-refractivity contribution is 5.81. The molecule has 0 spiro atoms. The Morgan fingerprint density at radius 3 is 1.23 bits per heavy atom. The molecular formula is C42H44O10. The normalized spacial score (nSPS) is 15.3. The Kier molecular flexibility index (Phi) is 15.0. The molecule has 1 fully saturated rings. The smallest absolute Gasteiger partial charge is 0.330 e. The van der Waals surface area contributed by atoms with Gasteiger partial charge in [0.25, 0.3) is 0 Å². The van der Waals surface area contributed by atoms with Crippen molar-refractivity contribution in [3.05, 3.63) is 133 Å². The third-order valence-corrected chi connectivity index (χ3v) is 7.92. The van der Waals surface area contributed by atoms with Crippen molar-refractivity contribution in [2.75, 3.05) is 39.6 Å². The van der Waals surface area contributed by atoms with Crippen LogP contribution in [0.15, 0.2) is 122 Å². The van der Waals surface area contributed by atoms with E-state index in [4.69, 9.17) is 37.9 Å². The van der Waals surface area contributed by atoms with Crippen LogP contribution in [-0.4, -0.2) is 64.2 Å². The molecule has 1 heterocycles. The SMILES string of the molecule is C=CC(=O)OCCCOc1ccc(-c2ccc(COC3OCCOC3OCc3ccc(-c4ccc(OCCCOC(=O)C=C)cc4)cc3)cc2)cc1. The molecule has 4 aromatic carbocycles. The van der Waals surface area contributed by atoms with Crippen LogP contribution in [0.3, 0.4) is 0 Å². The van der Waals surface area contributed by atoms with Crippen LogP contribution in [0.4, 0.5) is 0 Å². The van der Waals surface area contributed by atoms with E-state index >= 15 is 0 Å². The highest BCUT2D eigenvalue weighted by atomic mass is 16.8. The molecule has 5 rings (SSSR count). The maximum atomic E-state index is 11.1. The summed E-state index contributed by atoms with van der Waals surface area (Å²) in [5, 5.41) is 0. The van der Waals surface area contributed by atoms with Crippen molar-refractivity contribution in [3.8, 4) is 33.8 Å². The number of hydrogen-bond acceptors (Lipinski definition) is 10. The van der Waals surface area contributed by atoms with Gasteiger partial charge < -0.3 is 37.9 Å². The summed E-state index contributed by atoms with van der Waals surface area (Å²) in [6, 6.07) is 32.0. The number of ether oxygens (including phenoxy) is 8. The first-order chi connectivity index (χ1) is 25.5. The number of benzene rings is 4. The summed E-state index contributed by atoms with van der Waals surface area (Å²) in [5.41, 5.74) is 6.25. The zero-order valence-corrected chi connectivity index (χ0v) is 29.1. The summed E-state index contributed by atoms with van der Waals surface area (Å²) in [5.74, 6) is 0.639. The lowest BCUT2D eigenvalue weighted by Gasteiger charge is -2.31. The molecule has 10 nitrogen and oxygen atoms in total. The van der Waals surface area contributed by atoms with Crippen LogP contribution in [0, 0.1) is 0 Å². The van der Waals surface area contributed by atoms with Crippen LogP contribution in [0.5, 0.6) is 11.5 Å². The first-order valence-electron chi connectivity index (χ1n) is 17.2. The van der Waals surface area contributed by atoms with Crippen LogP contribution in [-0.2, 0) is 51.2 Å². The molecule has 0 aromatic heterocycles. The highest BCUT2D eigenvalue weighted by Crippen LogP contribution is 2.26. The van der Waals surface area contributed by atoms with E-state index in [2.05, 4.69) is 37.4 Å². The Morgan fingerprint density at radius 1 is 0.538 bits per heavy atom. The van der Waals surface area contributed by atoms with Crippen molar-refractivity contribution in [2.45, 2.75) is 38.6 Å². The second kappa shape index (κ2) is 20.6. The van der Waals surface area contributed by atoms with Crippen LogP contribution >= 0.6 is 0 Å². The fourth-order valence-electron chi connectivity index (χ4n) is 5.13. The second-order valence-corrected chi connectivity index (χ2v) is 11.7. The minimum atomic E-state index is -0.655. The molecule has 52 heavy (non-hydrogen) atoms. The van der Waals surface area contributed by atoms with Gasteiger partial charge in [0.05, 0.1) is 52.9 Å². The molecule has 1 saturated heterocycles. The van der Waals surface area contributed by atoms with Gasteiger partial charge in [0.15, 0.2) is 0 Å². The Morgan fingerprint density at radius 2 is 0.885 bits per heavy atom. The van der Waals surface area contributed by atoms with E-state index in [0.29, 0.717) is 65.7 Å². The molecule has 0 amide bonds. The van der Waals surface area contributed by atoms with Gasteiger partial charge >= 0.3 is 11.9 Å². The summed E-state index contributed by atoms with van der Waals surface area (Å²) >= 11 is 0. The van der Waals surface area contributed by atoms with Crippen molar-refractivity contribution in [2.24, 2.45) is 0 Å². The van der Waals surface area contributed by atoms with Crippen molar-refractivity contribution in [1.29, 1.82) is 0 Å². The molecule has 0 aliphatic carbocycles. The average molecular weight is 709 g/mol. The molecule has 272 valence electrons. The van der Waals surface area contributed by atoms with E-state index in [1.165, 1.54) is 0 Å². The van der Waals surface area contributed by atoms with E-state index in [0.717, 1.165) is 57.0 Å². The van der Waals surface area contributed by atoms with Gasteiger partial charge in [0.2, 0.25) is 12.6 Å². The van der Waals surface area contributed by atoms with Crippen LogP contribution in [0.2, 0.25) is 0 Å². The number of carbonyl (C=O) groups is 2. The molecule has 0 radical (unpaired) electrons. The minimum Gasteiger partial charge on any atom is -0.493 e. The predicted octanol–water partition coefficient (Wildman–Crippen LogP) is 7.45. The molecule has 2 unspecified atom stereocenters. The molecule has 0 bridgehead atoms. The summed E-state index contributed by atoms with van der Waals surface area (Å²) < 4.78 is 45.3. The molecule has 4 aromatic rings. The van der Waals surface area contributed by atoms with Gasteiger partial charge in [-0.2, -0.15) is 0 Å². The Hall–Kier alpha value is -5.26. The maximum absolute atomic E-state index is 11.1. The lowest BCUT2D eigenvalue weighted by Crippen LogP contribution is -2.41. The first kappa shape index (κ1) is 38.0. The zero-order chi connectivity index (χ0) is 36.4. The average Bonchev–Trinajstić information content (AvgIpc) is 3.20. The van der Waals surface area contributed by atoms with E-state index in [9.17, 15) is 9.59 Å². The first-order valence-corrected chi connectivity index (χ1v) is 17.2. The number of carbonyl (C=O) groups excluding carboxylic acids is 2. The summed E-state index contributed by atoms with van der Waals surface area (Å²) in [7, 11) is 0. The van der Waals surface area contributed by atoms with Crippen LogP contribution in [0.1, 0.15) is 24.0 Å². The van der Waals surface area contributed by atoms with Crippen molar-refractivity contribution < 1.29 is 47.5 Å². The van der Waals surface area contributed by atoms with Gasteiger partial charge in [0.1, 0.15) is 11.5 Å². The van der Waals surface area contributed by atoms with Gasteiger partial charge in [0, 0.05) is 25.0 Å². The second-order valence-electron chi connectivity index (χ2n) is 11.7. The molecule has 10 heteroatoms. The van der Waals surface area contributed by atoms with Crippen molar-refractivity contribution in [1.82, 2.24) is 0 Å². The third kappa shape index (κ3) is 12.2. The monoisotopic (exact) mass is 708 g/mol. The fraction of sp³-hybridized carbons (Fsp3) is 0.286. The quantitative estimate of drug-likeness (QED) is 0.0522. The summed E-state index contributed by atoms with van der Waals surface area (Å²) in [6.07, 6.45) is 2.18. The lowest BCUT2D eigenvalue weighted by atomic mass is 10.0. The third-order valence-electron chi connectivity index (χ3n) is 7.92. The fourth-order valence-corrected chi connectivity index (χ4v) is 5.13. The number of rotatable bonds is 20. The van der Waals surface area contributed by atoms with Crippen LogP contribution in [0.25, 0.3) is 22.3 Å². The molecule has 1 aliphatic rings. The Bertz CT molecular complexity index is 1570. The Labute approximate surface area is 304 Å². The molecule has 0 N–H and O–H groups in total. The van der Waals surface area contributed by atoms with E-state index < -0.39 is 24.5 Å². The van der Waals surface area contributed by atoms with E-state index in [1.807, 2.05) is 72.8 Å². The van der Waals surface area contributed by atoms with Gasteiger partial charge in [-0.25, -0.2) is 9.59 Å². The summed E-state index contributed by atoms with van der Waals surface area (Å²) in [4.78, 5) is 22.2. The van der Waals surface area contributed by atoms with Gasteiger partial charge in [-0.3, -0.25) is 0 Å². The van der Waals surface area contributed by atoms with Crippen molar-refractivity contribution in [3.63, 3.8) is 0 Å². The van der Waals surface area contributed by atoms with Crippen molar-refractivity contribution >= 4 is 11.9 Å². The van der Waals surface area contributed by atoms with Crippen LogP contribution < -0.4 is 9.47 Å². The van der Waals surface area contributed by atoms with Gasteiger partial charge in [-0.05, 0) is 57.6 Å². The Balaban J connectivity index is 1.03. The predicted molar refractivity (Wildman–Crippen MR) is 195 cm³/mol. The molecule has 2 atom stereocenters. The minimum absolute atomic E-state index is 0.291. The molecule has 1 aliphatic heterocycles. The largest absolute Gasteiger partial charge is 0.493 e.